The number of fused-ring (bicyclic) bond motifs is 1. The van der Waals surface area contributed by atoms with Crippen LogP contribution in [0.5, 0.6) is 5.75 Å². The van der Waals surface area contributed by atoms with Crippen LogP contribution in [0.25, 0.3) is 22.3 Å². The van der Waals surface area contributed by atoms with Crippen LogP contribution in [0.2, 0.25) is 0 Å². The summed E-state index contributed by atoms with van der Waals surface area (Å²) in [6.07, 6.45) is -1.52. The van der Waals surface area contributed by atoms with Crippen LogP contribution in [0.4, 0.5) is 4.79 Å². The topological polar surface area (TPSA) is 73.9 Å². The number of ether oxygens (including phenoxy) is 3. The molecule has 1 fully saturated rings. The molecule has 0 radical (unpaired) electrons. The maximum Gasteiger partial charge on any atom is 0.415 e. The van der Waals surface area contributed by atoms with Gasteiger partial charge in [0, 0.05) is 11.1 Å². The number of esters is 1. The number of cyclic esters (lactones) is 2. The zero-order chi connectivity index (χ0) is 20.7. The smallest absolute Gasteiger partial charge is 0.415 e. The maximum atomic E-state index is 12.4. The van der Waals surface area contributed by atoms with Crippen molar-refractivity contribution < 1.29 is 23.8 Å². The summed E-state index contributed by atoms with van der Waals surface area (Å²) in [7, 11) is 0. The lowest BCUT2D eigenvalue weighted by atomic mass is 9.84. The largest absolute Gasteiger partial charge is 0.466 e. The number of alkyl carbamates (subject to hydrolysis) is 1. The van der Waals surface area contributed by atoms with Crippen LogP contribution in [-0.2, 0) is 14.3 Å². The van der Waals surface area contributed by atoms with Crippen molar-refractivity contribution in [2.24, 2.45) is 0 Å². The molecular formula is C24H19NO5. The SMILES string of the molecule is C[C@@]1(C2OCOc3c2ccc(-c2ccccc2)c3-c2ccccc2)NC(=O)OC1=O. The average molecular weight is 401 g/mol. The predicted octanol–water partition coefficient (Wildman–Crippen LogP) is 4.45. The highest BCUT2D eigenvalue weighted by molar-refractivity contribution is 5.99. The Balaban J connectivity index is 1.73. The summed E-state index contributed by atoms with van der Waals surface area (Å²) in [6, 6.07) is 23.8. The van der Waals surface area contributed by atoms with Gasteiger partial charge < -0.3 is 19.5 Å². The molecule has 2 heterocycles. The number of hydrogen-bond donors (Lipinski definition) is 1. The molecule has 6 heteroatoms. The van der Waals surface area contributed by atoms with E-state index in [1.807, 2.05) is 72.8 Å². The van der Waals surface area contributed by atoms with Crippen LogP contribution >= 0.6 is 0 Å². The Labute approximate surface area is 173 Å². The first-order valence-electron chi connectivity index (χ1n) is 9.64. The van der Waals surface area contributed by atoms with E-state index in [-0.39, 0.29) is 6.79 Å². The molecule has 6 nitrogen and oxygen atoms in total. The van der Waals surface area contributed by atoms with Gasteiger partial charge in [0.25, 0.3) is 0 Å². The van der Waals surface area contributed by atoms with E-state index in [2.05, 4.69) is 5.32 Å². The molecule has 3 aromatic rings. The summed E-state index contributed by atoms with van der Waals surface area (Å²) in [4.78, 5) is 24.1. The van der Waals surface area contributed by atoms with E-state index >= 15 is 0 Å². The monoisotopic (exact) mass is 401 g/mol. The van der Waals surface area contributed by atoms with E-state index in [0.717, 1.165) is 22.3 Å². The fourth-order valence-corrected chi connectivity index (χ4v) is 4.09. The number of amides is 1. The molecule has 0 spiro atoms. The van der Waals surface area contributed by atoms with E-state index < -0.39 is 23.7 Å². The van der Waals surface area contributed by atoms with Crippen LogP contribution in [0.15, 0.2) is 72.8 Å². The summed E-state index contributed by atoms with van der Waals surface area (Å²) < 4.78 is 16.5. The first-order chi connectivity index (χ1) is 14.6. The Kier molecular flexibility index (Phi) is 4.29. The van der Waals surface area contributed by atoms with E-state index in [1.54, 1.807) is 6.92 Å². The molecule has 0 saturated carbocycles. The Morgan fingerprint density at radius 3 is 2.20 bits per heavy atom. The third kappa shape index (κ3) is 2.84. The van der Waals surface area contributed by atoms with Crippen LogP contribution in [-0.4, -0.2) is 24.4 Å². The molecule has 1 N–H and O–H groups in total. The average Bonchev–Trinajstić information content (AvgIpc) is 3.05. The lowest BCUT2D eigenvalue weighted by Crippen LogP contribution is -2.50. The highest BCUT2D eigenvalue weighted by Crippen LogP contribution is 2.48. The summed E-state index contributed by atoms with van der Waals surface area (Å²) >= 11 is 0. The molecule has 0 bridgehead atoms. The molecule has 0 aromatic heterocycles. The van der Waals surface area contributed by atoms with Gasteiger partial charge in [-0.15, -0.1) is 0 Å². The normalized spacial score (nSPS) is 22.6. The highest BCUT2D eigenvalue weighted by atomic mass is 16.7. The summed E-state index contributed by atoms with van der Waals surface area (Å²) in [5, 5.41) is 2.60. The Morgan fingerprint density at radius 2 is 1.57 bits per heavy atom. The zero-order valence-corrected chi connectivity index (χ0v) is 16.3. The first-order valence-corrected chi connectivity index (χ1v) is 9.64. The third-order valence-electron chi connectivity index (χ3n) is 5.55. The quantitative estimate of drug-likeness (QED) is 0.518. The Bertz CT molecular complexity index is 1130. The molecule has 0 aliphatic carbocycles. The van der Waals surface area contributed by atoms with E-state index in [0.29, 0.717) is 11.3 Å². The fraction of sp³-hybridized carbons (Fsp3) is 0.167. The van der Waals surface area contributed by atoms with Gasteiger partial charge in [0.1, 0.15) is 11.9 Å². The van der Waals surface area contributed by atoms with Gasteiger partial charge in [-0.25, -0.2) is 9.59 Å². The summed E-state index contributed by atoms with van der Waals surface area (Å²) in [6.45, 7) is 1.56. The molecule has 150 valence electrons. The molecule has 1 unspecified atom stereocenters. The van der Waals surface area contributed by atoms with E-state index in [1.165, 1.54) is 0 Å². The first kappa shape index (κ1) is 18.4. The van der Waals surface area contributed by atoms with Crippen molar-refractivity contribution >= 4 is 12.1 Å². The van der Waals surface area contributed by atoms with Gasteiger partial charge in [-0.1, -0.05) is 72.8 Å². The molecule has 30 heavy (non-hydrogen) atoms. The highest BCUT2D eigenvalue weighted by Gasteiger charge is 2.54. The fourth-order valence-electron chi connectivity index (χ4n) is 4.09. The second-order valence-electron chi connectivity index (χ2n) is 7.45. The molecule has 3 aromatic carbocycles. The van der Waals surface area contributed by atoms with Gasteiger partial charge in [0.15, 0.2) is 12.3 Å². The maximum absolute atomic E-state index is 12.4. The molecular weight excluding hydrogens is 382 g/mol. The predicted molar refractivity (Wildman–Crippen MR) is 110 cm³/mol. The second-order valence-corrected chi connectivity index (χ2v) is 7.45. The molecule has 2 aliphatic rings. The number of rotatable bonds is 3. The van der Waals surface area contributed by atoms with Gasteiger partial charge in [-0.2, -0.15) is 0 Å². The minimum Gasteiger partial charge on any atom is -0.466 e. The van der Waals surface area contributed by atoms with Crippen LogP contribution in [0.3, 0.4) is 0 Å². The number of benzene rings is 3. The number of nitrogens with one attached hydrogen (secondary N) is 1. The Morgan fingerprint density at radius 1 is 0.900 bits per heavy atom. The Hall–Kier alpha value is -3.64. The zero-order valence-electron chi connectivity index (χ0n) is 16.3. The van der Waals surface area contributed by atoms with Gasteiger partial charge >= 0.3 is 12.1 Å². The summed E-state index contributed by atoms with van der Waals surface area (Å²) in [5.41, 5.74) is 3.29. The van der Waals surface area contributed by atoms with Gasteiger partial charge in [0.2, 0.25) is 0 Å². The number of carbonyl (C=O) groups is 2. The molecule has 1 saturated heterocycles. The van der Waals surface area contributed by atoms with Crippen molar-refractivity contribution in [3.05, 3.63) is 78.4 Å². The van der Waals surface area contributed by atoms with Crippen molar-refractivity contribution in [1.29, 1.82) is 0 Å². The lowest BCUT2D eigenvalue weighted by Gasteiger charge is -2.35. The standard InChI is InChI=1S/C24H19NO5/c1-24(22(26)30-23(27)25-24)21-18-13-12-17(15-8-4-2-5-9-15)19(20(18)28-14-29-21)16-10-6-3-7-11-16/h2-13,21H,14H2,1H3,(H,25,27)/t21?,24-/m0/s1. The van der Waals surface area contributed by atoms with Crippen LogP contribution < -0.4 is 10.1 Å². The van der Waals surface area contributed by atoms with Gasteiger partial charge in [-0.3, -0.25) is 0 Å². The number of hydrogen-bond acceptors (Lipinski definition) is 5. The lowest BCUT2D eigenvalue weighted by molar-refractivity contribution is -0.150. The van der Waals surface area contributed by atoms with Crippen molar-refractivity contribution in [2.75, 3.05) is 6.79 Å². The number of carbonyl (C=O) groups excluding carboxylic acids is 2. The van der Waals surface area contributed by atoms with Crippen molar-refractivity contribution in [3.63, 3.8) is 0 Å². The van der Waals surface area contributed by atoms with Crippen molar-refractivity contribution in [2.45, 2.75) is 18.6 Å². The van der Waals surface area contributed by atoms with E-state index in [4.69, 9.17) is 14.2 Å². The molecule has 1 amide bonds. The minimum atomic E-state index is -1.34. The van der Waals surface area contributed by atoms with Gasteiger partial charge in [0.05, 0.1) is 0 Å². The molecule has 2 atom stereocenters. The van der Waals surface area contributed by atoms with Crippen LogP contribution in [0, 0.1) is 0 Å². The van der Waals surface area contributed by atoms with Crippen LogP contribution in [0.1, 0.15) is 18.6 Å². The minimum absolute atomic E-state index is 0.0471. The second kappa shape index (κ2) is 7.00. The third-order valence-corrected chi connectivity index (χ3v) is 5.55. The molecule has 5 rings (SSSR count). The van der Waals surface area contributed by atoms with E-state index in [9.17, 15) is 9.59 Å². The van der Waals surface area contributed by atoms with Crippen molar-refractivity contribution in [1.82, 2.24) is 5.32 Å². The van der Waals surface area contributed by atoms with Crippen molar-refractivity contribution in [3.8, 4) is 28.0 Å². The summed E-state index contributed by atoms with van der Waals surface area (Å²) in [5.74, 6) is -0.0345. The molecule has 2 aliphatic heterocycles. The van der Waals surface area contributed by atoms with Gasteiger partial charge in [-0.05, 0) is 23.6 Å².